The number of carbonyl (C=O) groups is 1. The van der Waals surface area contributed by atoms with Crippen molar-refractivity contribution in [3.8, 4) is 11.4 Å². The van der Waals surface area contributed by atoms with Gasteiger partial charge in [0.2, 0.25) is 5.91 Å². The number of rotatable bonds is 10. The fourth-order valence-corrected chi connectivity index (χ4v) is 5.65. The molecular formula is C31H38N6O. The molecule has 1 heterocycles. The van der Waals surface area contributed by atoms with Gasteiger partial charge >= 0.3 is 0 Å². The molecule has 2 aromatic rings. The van der Waals surface area contributed by atoms with E-state index in [4.69, 9.17) is 9.97 Å². The second-order valence-corrected chi connectivity index (χ2v) is 10.7. The molecule has 38 heavy (non-hydrogen) atoms. The van der Waals surface area contributed by atoms with Gasteiger partial charge < -0.3 is 15.5 Å². The molecule has 0 saturated heterocycles. The summed E-state index contributed by atoms with van der Waals surface area (Å²) in [6.45, 7) is 11.6. The standard InChI is InChI=1S/C31H38N6O/c1-8-22(19-37(6)7)23-10-9-11-24(13-23)29-33-18-27(25(17-32-5)12-20(2)3)30(35-29)34-28-16-31(36-21(4)38)14-26(28)15-31/h8-13,17-19,26,28H,1-2,14-16H2,3-7H3,(H,36,38)(H,33,34,35)/b22-19+,25-12+,32-17?/t26?,28-,31?/m1/s1. The van der Waals surface area contributed by atoms with Gasteiger partial charge in [-0.2, -0.15) is 0 Å². The molecule has 1 aromatic heterocycles. The lowest BCUT2D eigenvalue weighted by atomic mass is 9.76. The summed E-state index contributed by atoms with van der Waals surface area (Å²) in [5, 5.41) is 6.91. The van der Waals surface area contributed by atoms with Crippen LogP contribution in [-0.4, -0.2) is 59.7 Å². The van der Waals surface area contributed by atoms with Gasteiger partial charge in [0.05, 0.1) is 0 Å². The second kappa shape index (κ2) is 11.2. The van der Waals surface area contributed by atoms with Crippen molar-refractivity contribution in [1.29, 1.82) is 0 Å². The quantitative estimate of drug-likeness (QED) is 0.332. The summed E-state index contributed by atoms with van der Waals surface area (Å²) in [4.78, 5) is 27.9. The molecular weight excluding hydrogens is 472 g/mol. The maximum Gasteiger partial charge on any atom is 0.217 e. The van der Waals surface area contributed by atoms with Crippen molar-refractivity contribution in [2.24, 2.45) is 10.9 Å². The van der Waals surface area contributed by atoms with Gasteiger partial charge in [0, 0.05) is 75.0 Å². The van der Waals surface area contributed by atoms with Gasteiger partial charge in [-0.15, -0.1) is 0 Å². The Balaban J connectivity index is 1.74. The van der Waals surface area contributed by atoms with E-state index in [1.807, 2.05) is 68.8 Å². The normalized spacial score (nSPS) is 22.7. The van der Waals surface area contributed by atoms with Crippen LogP contribution in [-0.2, 0) is 4.79 Å². The highest BCUT2D eigenvalue weighted by atomic mass is 16.1. The summed E-state index contributed by atoms with van der Waals surface area (Å²) in [5.41, 5.74) is 5.57. The van der Waals surface area contributed by atoms with Crippen LogP contribution in [0.5, 0.6) is 0 Å². The van der Waals surface area contributed by atoms with Crippen molar-refractivity contribution in [3.05, 3.63) is 78.7 Å². The predicted octanol–water partition coefficient (Wildman–Crippen LogP) is 5.36. The van der Waals surface area contributed by atoms with Crippen LogP contribution in [0.3, 0.4) is 0 Å². The molecule has 2 bridgehead atoms. The lowest BCUT2D eigenvalue weighted by molar-refractivity contribution is -0.121. The highest BCUT2D eigenvalue weighted by Gasteiger charge is 2.56. The molecule has 0 spiro atoms. The zero-order valence-corrected chi connectivity index (χ0v) is 23.1. The SMILES string of the molecule is C=C/C(=C\N(C)C)c1cccc(-c2ncc(/C(C=NC)=C/C(=C)C)c(N[C@@H]3CC4(NC(C)=O)CC3C4)n2)c1. The molecule has 3 fully saturated rings. The van der Waals surface area contributed by atoms with E-state index < -0.39 is 0 Å². The third kappa shape index (κ3) is 5.93. The van der Waals surface area contributed by atoms with Crippen molar-refractivity contribution >= 4 is 29.1 Å². The van der Waals surface area contributed by atoms with E-state index in [1.54, 1.807) is 14.0 Å². The number of aromatic nitrogens is 2. The van der Waals surface area contributed by atoms with Crippen LogP contribution in [0.15, 0.2) is 72.5 Å². The van der Waals surface area contributed by atoms with Gasteiger partial charge in [0.15, 0.2) is 5.82 Å². The number of benzene rings is 1. The summed E-state index contributed by atoms with van der Waals surface area (Å²) in [6.07, 6.45) is 12.4. The zero-order chi connectivity index (χ0) is 27.4. The summed E-state index contributed by atoms with van der Waals surface area (Å²) in [5.74, 6) is 1.92. The van der Waals surface area contributed by atoms with Gasteiger partial charge in [0.25, 0.3) is 0 Å². The number of amides is 1. The number of hydrogen-bond acceptors (Lipinski definition) is 6. The average molecular weight is 511 g/mol. The minimum absolute atomic E-state index is 0.0297. The highest BCUT2D eigenvalue weighted by molar-refractivity contribution is 6.12. The summed E-state index contributed by atoms with van der Waals surface area (Å²) >= 11 is 0. The van der Waals surface area contributed by atoms with Crippen molar-refractivity contribution in [1.82, 2.24) is 20.2 Å². The maximum atomic E-state index is 11.8. The van der Waals surface area contributed by atoms with Crippen molar-refractivity contribution in [2.75, 3.05) is 26.5 Å². The number of nitrogens with one attached hydrogen (secondary N) is 2. The van der Waals surface area contributed by atoms with Gasteiger partial charge in [-0.05, 0) is 49.3 Å². The lowest BCUT2D eigenvalue weighted by Gasteiger charge is -2.38. The number of allylic oxidation sites excluding steroid dienone is 5. The molecule has 7 nitrogen and oxygen atoms in total. The van der Waals surface area contributed by atoms with Crippen LogP contribution < -0.4 is 10.6 Å². The molecule has 2 N–H and O–H groups in total. The van der Waals surface area contributed by atoms with Crippen LogP contribution in [0.4, 0.5) is 5.82 Å². The fraction of sp³-hybridized carbons (Fsp3) is 0.355. The Morgan fingerprint density at radius 1 is 1.21 bits per heavy atom. The van der Waals surface area contributed by atoms with E-state index in [0.29, 0.717) is 11.7 Å². The molecule has 3 saturated carbocycles. The summed E-state index contributed by atoms with van der Waals surface area (Å²) in [6, 6.07) is 8.41. The minimum atomic E-state index is -0.0976. The van der Waals surface area contributed by atoms with Gasteiger partial charge in [0.1, 0.15) is 5.82 Å². The molecule has 3 aliphatic carbocycles. The number of aliphatic imine (C=N–C) groups is 1. The number of fused-ring (bicyclic) bond motifs is 1. The first kappa shape index (κ1) is 27.0. The number of nitrogens with zero attached hydrogens (tertiary/aromatic N) is 4. The van der Waals surface area contributed by atoms with E-state index in [9.17, 15) is 4.79 Å². The van der Waals surface area contributed by atoms with Crippen molar-refractivity contribution in [2.45, 2.75) is 44.7 Å². The first-order valence-corrected chi connectivity index (χ1v) is 13.0. The largest absolute Gasteiger partial charge is 0.383 e. The Bertz CT molecular complexity index is 1330. The third-order valence-corrected chi connectivity index (χ3v) is 7.09. The Kier molecular flexibility index (Phi) is 7.95. The molecule has 3 aliphatic rings. The molecule has 7 heteroatoms. The molecule has 198 valence electrons. The van der Waals surface area contributed by atoms with Crippen LogP contribution in [0.2, 0.25) is 0 Å². The molecule has 1 atom stereocenters. The number of hydrogen-bond donors (Lipinski definition) is 2. The van der Waals surface area contributed by atoms with E-state index >= 15 is 0 Å². The molecule has 1 amide bonds. The average Bonchev–Trinajstić information content (AvgIpc) is 3.34. The molecule has 5 rings (SSSR count). The van der Waals surface area contributed by atoms with Crippen LogP contribution in [0.25, 0.3) is 22.5 Å². The highest BCUT2D eigenvalue weighted by Crippen LogP contribution is 2.53. The van der Waals surface area contributed by atoms with Crippen molar-refractivity contribution in [3.63, 3.8) is 0 Å². The third-order valence-electron chi connectivity index (χ3n) is 7.09. The lowest BCUT2D eigenvalue weighted by Crippen LogP contribution is -2.51. The molecule has 1 aromatic carbocycles. The number of anilines is 1. The van der Waals surface area contributed by atoms with Crippen LogP contribution in [0.1, 0.15) is 44.2 Å². The van der Waals surface area contributed by atoms with E-state index in [0.717, 1.165) is 58.5 Å². The van der Waals surface area contributed by atoms with Crippen LogP contribution >= 0.6 is 0 Å². The van der Waals surface area contributed by atoms with Gasteiger partial charge in [-0.25, -0.2) is 9.97 Å². The Labute approximate surface area is 226 Å². The Morgan fingerprint density at radius 3 is 2.61 bits per heavy atom. The van der Waals surface area contributed by atoms with Crippen molar-refractivity contribution < 1.29 is 4.79 Å². The monoisotopic (exact) mass is 510 g/mol. The van der Waals surface area contributed by atoms with Gasteiger partial charge in [-0.3, -0.25) is 9.79 Å². The van der Waals surface area contributed by atoms with E-state index in [2.05, 4.69) is 40.9 Å². The van der Waals surface area contributed by atoms with E-state index in [1.165, 1.54) is 0 Å². The smallest absolute Gasteiger partial charge is 0.217 e. The zero-order valence-electron chi connectivity index (χ0n) is 23.1. The Morgan fingerprint density at radius 2 is 1.97 bits per heavy atom. The molecule has 0 aliphatic heterocycles. The first-order chi connectivity index (χ1) is 18.1. The number of carbonyl (C=O) groups excluding carboxylic acids is 1. The molecule has 0 unspecified atom stereocenters. The predicted molar refractivity (Wildman–Crippen MR) is 158 cm³/mol. The molecule has 0 radical (unpaired) electrons. The van der Waals surface area contributed by atoms with Crippen LogP contribution in [0, 0.1) is 5.92 Å². The first-order valence-electron chi connectivity index (χ1n) is 13.0. The van der Waals surface area contributed by atoms with E-state index in [-0.39, 0.29) is 17.5 Å². The minimum Gasteiger partial charge on any atom is -0.383 e. The fourth-order valence-electron chi connectivity index (χ4n) is 5.65. The summed E-state index contributed by atoms with van der Waals surface area (Å²) < 4.78 is 0. The summed E-state index contributed by atoms with van der Waals surface area (Å²) in [7, 11) is 5.74. The maximum absolute atomic E-state index is 11.8. The topological polar surface area (TPSA) is 82.5 Å². The Hall–Kier alpha value is -4.00. The van der Waals surface area contributed by atoms with Gasteiger partial charge in [-0.1, -0.05) is 49.1 Å². The second-order valence-electron chi connectivity index (χ2n) is 10.7.